The van der Waals surface area contributed by atoms with Crippen LogP contribution in [0, 0.1) is 5.41 Å². The standard InChI is InChI=1S/C15H14Cl2O4.C12H10F3N5O/c1-14(12(18)19)6-3-7-15(8-14,13(20)21)11-9(16)4-2-5-10(11)17;13-12(14,15)7-2-1-3-8(4-7)19-9-5-10(18-6-17-9)20-11(16)21/h2-6H,7-8H2,1H3,(H,18,19)(H,20,21);1-6H,(H4,16,17,18,19,20,21). The number of carbonyl (C=O) groups is 3. The number of nitrogens with one attached hydrogen (secondary N) is 2. The highest BCUT2D eigenvalue weighted by Crippen LogP contribution is 2.49. The fourth-order valence-electron chi connectivity index (χ4n) is 4.38. The first kappa shape index (κ1) is 32.2. The van der Waals surface area contributed by atoms with Crippen LogP contribution in [0.15, 0.2) is 67.0 Å². The quantitative estimate of drug-likeness (QED) is 0.194. The van der Waals surface area contributed by atoms with Crippen LogP contribution in [0.2, 0.25) is 10.0 Å². The fourth-order valence-corrected chi connectivity index (χ4v) is 5.14. The van der Waals surface area contributed by atoms with Gasteiger partial charge in [0.25, 0.3) is 0 Å². The molecule has 10 nitrogen and oxygen atoms in total. The lowest BCUT2D eigenvalue weighted by atomic mass is 9.63. The Balaban J connectivity index is 0.000000230. The van der Waals surface area contributed by atoms with E-state index in [2.05, 4.69) is 20.6 Å². The van der Waals surface area contributed by atoms with E-state index in [0.717, 1.165) is 18.5 Å². The Morgan fingerprint density at radius 2 is 1.60 bits per heavy atom. The van der Waals surface area contributed by atoms with Crippen molar-refractivity contribution in [1.82, 2.24) is 9.97 Å². The highest BCUT2D eigenvalue weighted by molar-refractivity contribution is 6.36. The molecule has 222 valence electrons. The Morgan fingerprint density at radius 1 is 0.976 bits per heavy atom. The van der Waals surface area contributed by atoms with Gasteiger partial charge in [-0.1, -0.05) is 47.5 Å². The van der Waals surface area contributed by atoms with Crippen molar-refractivity contribution in [2.75, 3.05) is 10.6 Å². The third kappa shape index (κ3) is 7.47. The van der Waals surface area contributed by atoms with Crippen LogP contribution in [0.4, 0.5) is 35.3 Å². The Labute approximate surface area is 247 Å². The number of aromatic nitrogens is 2. The normalized spacial score (nSPS) is 19.7. The second-order valence-electron chi connectivity index (χ2n) is 9.47. The number of anilines is 3. The van der Waals surface area contributed by atoms with Crippen LogP contribution in [-0.2, 0) is 21.2 Å². The zero-order valence-corrected chi connectivity index (χ0v) is 23.3. The molecule has 2 aromatic carbocycles. The van der Waals surface area contributed by atoms with Crippen LogP contribution in [0.1, 0.15) is 30.9 Å². The maximum absolute atomic E-state index is 12.6. The molecule has 0 saturated heterocycles. The topological polar surface area (TPSA) is 168 Å². The van der Waals surface area contributed by atoms with Gasteiger partial charge in [-0.25, -0.2) is 14.8 Å². The number of hydrogen-bond acceptors (Lipinski definition) is 6. The van der Waals surface area contributed by atoms with Gasteiger partial charge in [0, 0.05) is 27.4 Å². The summed E-state index contributed by atoms with van der Waals surface area (Å²) < 4.78 is 37.8. The summed E-state index contributed by atoms with van der Waals surface area (Å²) in [6, 6.07) is 9.92. The number of hydrogen-bond donors (Lipinski definition) is 5. The number of benzene rings is 2. The summed E-state index contributed by atoms with van der Waals surface area (Å²) in [6.45, 7) is 1.49. The number of nitrogens with zero attached hydrogens (tertiary/aromatic N) is 2. The van der Waals surface area contributed by atoms with Crippen LogP contribution in [-0.4, -0.2) is 38.2 Å². The van der Waals surface area contributed by atoms with Crippen molar-refractivity contribution in [3.8, 4) is 0 Å². The lowest BCUT2D eigenvalue weighted by Gasteiger charge is -2.39. The van der Waals surface area contributed by atoms with Gasteiger partial charge in [-0.3, -0.25) is 14.9 Å². The molecule has 42 heavy (non-hydrogen) atoms. The molecule has 4 rings (SSSR count). The van der Waals surface area contributed by atoms with Crippen LogP contribution in [0.25, 0.3) is 0 Å². The van der Waals surface area contributed by atoms with Crippen molar-refractivity contribution in [1.29, 1.82) is 0 Å². The first-order chi connectivity index (χ1) is 19.6. The van der Waals surface area contributed by atoms with E-state index in [1.807, 2.05) is 0 Å². The van der Waals surface area contributed by atoms with E-state index in [1.54, 1.807) is 24.3 Å². The van der Waals surface area contributed by atoms with Gasteiger partial charge < -0.3 is 21.3 Å². The number of urea groups is 1. The molecule has 6 N–H and O–H groups in total. The van der Waals surface area contributed by atoms with Crippen molar-refractivity contribution in [2.45, 2.75) is 31.4 Å². The van der Waals surface area contributed by atoms with Crippen LogP contribution in [0.3, 0.4) is 0 Å². The van der Waals surface area contributed by atoms with E-state index >= 15 is 0 Å². The second kappa shape index (κ2) is 12.7. The summed E-state index contributed by atoms with van der Waals surface area (Å²) in [7, 11) is 0. The number of carboxylic acid groups (broad SMARTS) is 2. The SMILES string of the molecule is CC1(C(=O)O)C=CCC(C(=O)O)(c2c(Cl)cccc2Cl)C1.NC(=O)Nc1cc(Nc2cccc(C(F)(F)F)c2)ncn1. The molecule has 0 radical (unpaired) electrons. The maximum Gasteiger partial charge on any atom is 0.416 e. The molecule has 0 spiro atoms. The molecule has 2 unspecified atom stereocenters. The highest BCUT2D eigenvalue weighted by Gasteiger charge is 2.51. The summed E-state index contributed by atoms with van der Waals surface area (Å²) in [6.07, 6.45) is -0.144. The smallest absolute Gasteiger partial charge is 0.416 e. The van der Waals surface area contributed by atoms with E-state index in [0.29, 0.717) is 0 Å². The predicted molar refractivity (Wildman–Crippen MR) is 150 cm³/mol. The number of carboxylic acids is 2. The number of rotatable bonds is 6. The number of aliphatic carboxylic acids is 2. The Bertz CT molecular complexity index is 1520. The molecule has 0 fully saturated rings. The highest BCUT2D eigenvalue weighted by atomic mass is 35.5. The molecule has 15 heteroatoms. The molecule has 0 saturated carbocycles. The minimum absolute atomic E-state index is 0.107. The third-order valence-electron chi connectivity index (χ3n) is 6.34. The molecular weight excluding hydrogens is 602 g/mol. The van der Waals surface area contributed by atoms with Crippen molar-refractivity contribution >= 4 is 58.5 Å². The number of primary amides is 1. The van der Waals surface area contributed by atoms with Crippen LogP contribution >= 0.6 is 23.2 Å². The molecule has 0 aliphatic heterocycles. The zero-order valence-electron chi connectivity index (χ0n) is 21.7. The monoisotopic (exact) mass is 625 g/mol. The number of allylic oxidation sites excluding steroid dienone is 1. The number of halogens is 5. The van der Waals surface area contributed by atoms with Gasteiger partial charge in [-0.2, -0.15) is 13.2 Å². The molecule has 1 aliphatic rings. The molecular formula is C27H24Cl2F3N5O5. The second-order valence-corrected chi connectivity index (χ2v) is 10.3. The molecule has 2 amide bonds. The van der Waals surface area contributed by atoms with Gasteiger partial charge >= 0.3 is 24.1 Å². The Morgan fingerprint density at radius 3 is 2.17 bits per heavy atom. The Kier molecular flexibility index (Phi) is 9.69. The predicted octanol–water partition coefficient (Wildman–Crippen LogP) is 6.49. The molecule has 0 bridgehead atoms. The van der Waals surface area contributed by atoms with E-state index in [4.69, 9.17) is 28.9 Å². The van der Waals surface area contributed by atoms with Crippen LogP contribution < -0.4 is 16.4 Å². The number of carbonyl (C=O) groups excluding carboxylic acids is 1. The third-order valence-corrected chi connectivity index (χ3v) is 6.97. The van der Waals surface area contributed by atoms with Gasteiger partial charge in [0.05, 0.1) is 11.0 Å². The van der Waals surface area contributed by atoms with Crippen molar-refractivity contribution < 1.29 is 37.8 Å². The largest absolute Gasteiger partial charge is 0.481 e. The summed E-state index contributed by atoms with van der Waals surface area (Å²) in [4.78, 5) is 41.7. The van der Waals surface area contributed by atoms with E-state index < -0.39 is 40.5 Å². The number of amides is 2. The molecule has 1 heterocycles. The summed E-state index contributed by atoms with van der Waals surface area (Å²) in [5.41, 5.74) is 1.91. The maximum atomic E-state index is 12.6. The summed E-state index contributed by atoms with van der Waals surface area (Å²) >= 11 is 12.3. The molecule has 2 atom stereocenters. The lowest BCUT2D eigenvalue weighted by molar-refractivity contribution is -0.151. The summed E-state index contributed by atoms with van der Waals surface area (Å²) in [5, 5.41) is 24.5. The first-order valence-electron chi connectivity index (χ1n) is 12.0. The molecule has 3 aromatic rings. The summed E-state index contributed by atoms with van der Waals surface area (Å²) in [5.74, 6) is -1.86. The minimum Gasteiger partial charge on any atom is -0.481 e. The van der Waals surface area contributed by atoms with Crippen molar-refractivity contribution in [3.63, 3.8) is 0 Å². The Hall–Kier alpha value is -4.36. The first-order valence-corrected chi connectivity index (χ1v) is 12.7. The van der Waals surface area contributed by atoms with Crippen LogP contribution in [0.5, 0.6) is 0 Å². The lowest BCUT2D eigenvalue weighted by Crippen LogP contribution is -2.45. The van der Waals surface area contributed by atoms with E-state index in [1.165, 1.54) is 31.2 Å². The average Bonchev–Trinajstić information content (AvgIpc) is 2.88. The van der Waals surface area contributed by atoms with Gasteiger partial charge in [-0.15, -0.1) is 0 Å². The fraction of sp³-hybridized carbons (Fsp3) is 0.222. The molecule has 1 aliphatic carbocycles. The van der Waals surface area contributed by atoms with Gasteiger partial charge in [0.2, 0.25) is 0 Å². The average molecular weight is 626 g/mol. The van der Waals surface area contributed by atoms with Gasteiger partial charge in [0.15, 0.2) is 0 Å². The van der Waals surface area contributed by atoms with Crippen molar-refractivity contribution in [3.05, 3.63) is 88.2 Å². The van der Waals surface area contributed by atoms with Crippen molar-refractivity contribution in [2.24, 2.45) is 11.1 Å². The van der Waals surface area contributed by atoms with Gasteiger partial charge in [0.1, 0.15) is 23.4 Å². The number of alkyl halides is 3. The van der Waals surface area contributed by atoms with Gasteiger partial charge in [-0.05, 0) is 50.1 Å². The zero-order chi connectivity index (χ0) is 31.3. The van der Waals surface area contributed by atoms with E-state index in [-0.39, 0.29) is 45.8 Å². The van der Waals surface area contributed by atoms with E-state index in [9.17, 15) is 37.8 Å². The minimum atomic E-state index is -4.43. The molecule has 1 aromatic heterocycles. The number of nitrogens with two attached hydrogens (primary N) is 1.